The van der Waals surface area contributed by atoms with E-state index in [0.29, 0.717) is 13.1 Å². The van der Waals surface area contributed by atoms with E-state index in [1.54, 1.807) is 0 Å². The molecule has 0 atom stereocenters. The highest BCUT2D eigenvalue weighted by molar-refractivity contribution is 5.98. The number of hydrogen-bond acceptors (Lipinski definition) is 4. The van der Waals surface area contributed by atoms with Crippen LogP contribution in [0.15, 0.2) is 36.4 Å². The van der Waals surface area contributed by atoms with Crippen molar-refractivity contribution in [2.45, 2.75) is 26.4 Å². The van der Waals surface area contributed by atoms with Gasteiger partial charge in [0, 0.05) is 18.5 Å². The number of carbonyl (C=O) groups is 1. The fourth-order valence-electron chi connectivity index (χ4n) is 2.13. The predicted molar refractivity (Wildman–Crippen MR) is 91.1 cm³/mol. The van der Waals surface area contributed by atoms with Gasteiger partial charge < -0.3 is 21.1 Å². The second-order valence-electron chi connectivity index (χ2n) is 6.10. The second kappa shape index (κ2) is 6.56. The van der Waals surface area contributed by atoms with Gasteiger partial charge in [0.1, 0.15) is 5.60 Å². The summed E-state index contributed by atoms with van der Waals surface area (Å²) in [5, 5.41) is 8.06. The van der Waals surface area contributed by atoms with Crippen molar-refractivity contribution in [1.82, 2.24) is 5.32 Å². The van der Waals surface area contributed by atoms with Crippen LogP contribution in [0.2, 0.25) is 0 Å². The van der Waals surface area contributed by atoms with Crippen LogP contribution in [0, 0.1) is 0 Å². The van der Waals surface area contributed by atoms with Crippen LogP contribution in [0.3, 0.4) is 0 Å². The molecular formula is C17H23N3O2. The third-order valence-corrected chi connectivity index (χ3v) is 3.08. The van der Waals surface area contributed by atoms with Crippen molar-refractivity contribution >= 4 is 28.2 Å². The summed E-state index contributed by atoms with van der Waals surface area (Å²) in [5.41, 5.74) is 7.27. The number of ether oxygens (including phenoxy) is 1. The van der Waals surface area contributed by atoms with Crippen molar-refractivity contribution in [3.63, 3.8) is 0 Å². The summed E-state index contributed by atoms with van der Waals surface area (Å²) in [6, 6.07) is 11.9. The molecule has 5 nitrogen and oxygen atoms in total. The summed E-state index contributed by atoms with van der Waals surface area (Å²) in [6.07, 6.45) is -0.416. The van der Waals surface area contributed by atoms with E-state index in [1.807, 2.05) is 57.2 Å². The molecule has 118 valence electrons. The zero-order valence-corrected chi connectivity index (χ0v) is 13.3. The van der Waals surface area contributed by atoms with Crippen LogP contribution < -0.4 is 16.4 Å². The molecule has 2 aromatic rings. The van der Waals surface area contributed by atoms with Crippen molar-refractivity contribution in [2.75, 3.05) is 24.1 Å². The van der Waals surface area contributed by atoms with Crippen LogP contribution in [0.5, 0.6) is 0 Å². The zero-order chi connectivity index (χ0) is 16.2. The Hall–Kier alpha value is -2.43. The molecule has 0 heterocycles. The van der Waals surface area contributed by atoms with Crippen molar-refractivity contribution in [3.05, 3.63) is 36.4 Å². The Morgan fingerprint density at radius 3 is 2.59 bits per heavy atom. The number of alkyl carbamates (subject to hydrolysis) is 1. The van der Waals surface area contributed by atoms with Crippen LogP contribution in [0.4, 0.5) is 16.2 Å². The first-order chi connectivity index (χ1) is 10.4. The molecule has 0 fully saturated rings. The van der Waals surface area contributed by atoms with Gasteiger partial charge in [-0.15, -0.1) is 0 Å². The number of amides is 1. The lowest BCUT2D eigenvalue weighted by atomic mass is 10.1. The first-order valence-corrected chi connectivity index (χ1v) is 7.35. The third-order valence-electron chi connectivity index (χ3n) is 3.08. The first kappa shape index (κ1) is 15.9. The number of fused-ring (bicyclic) bond motifs is 1. The first-order valence-electron chi connectivity index (χ1n) is 7.35. The fraction of sp³-hybridized carbons (Fsp3) is 0.353. The molecule has 0 aliphatic heterocycles. The maximum atomic E-state index is 11.5. The third kappa shape index (κ3) is 4.28. The number of nitrogens with one attached hydrogen (secondary N) is 2. The Morgan fingerprint density at radius 2 is 1.86 bits per heavy atom. The standard InChI is InChI=1S/C17H23N3O2/c1-17(2,3)22-16(21)20-11-10-19-14-9-8-12-6-4-5-7-13(12)15(14)18/h4-9,19H,10-11,18H2,1-3H3,(H,20,21). The SMILES string of the molecule is CC(C)(C)OC(=O)NCCNc1ccc2ccccc2c1N. The number of nitrogen functional groups attached to an aromatic ring is 1. The van der Waals surface area contributed by atoms with Gasteiger partial charge in [-0.2, -0.15) is 0 Å². The van der Waals surface area contributed by atoms with E-state index in [0.717, 1.165) is 22.1 Å². The van der Waals surface area contributed by atoms with Crippen molar-refractivity contribution in [1.29, 1.82) is 0 Å². The van der Waals surface area contributed by atoms with Crippen molar-refractivity contribution in [3.8, 4) is 0 Å². The number of benzene rings is 2. The topological polar surface area (TPSA) is 76.4 Å². The van der Waals surface area contributed by atoms with E-state index in [2.05, 4.69) is 10.6 Å². The van der Waals surface area contributed by atoms with Crippen LogP contribution >= 0.6 is 0 Å². The van der Waals surface area contributed by atoms with E-state index in [-0.39, 0.29) is 0 Å². The quantitative estimate of drug-likeness (QED) is 0.598. The van der Waals surface area contributed by atoms with E-state index < -0.39 is 11.7 Å². The number of rotatable bonds is 4. The Bertz CT molecular complexity index is 662. The van der Waals surface area contributed by atoms with Gasteiger partial charge in [0.2, 0.25) is 0 Å². The molecule has 0 unspecified atom stereocenters. The number of hydrogen-bond donors (Lipinski definition) is 3. The van der Waals surface area contributed by atoms with E-state index in [9.17, 15) is 4.79 Å². The van der Waals surface area contributed by atoms with Crippen LogP contribution in [-0.2, 0) is 4.74 Å². The van der Waals surface area contributed by atoms with Crippen LogP contribution in [0.1, 0.15) is 20.8 Å². The summed E-state index contributed by atoms with van der Waals surface area (Å²) in [6.45, 7) is 6.53. The van der Waals surface area contributed by atoms with Crippen LogP contribution in [-0.4, -0.2) is 24.8 Å². The average molecular weight is 301 g/mol. The van der Waals surface area contributed by atoms with Gasteiger partial charge in [0.15, 0.2) is 0 Å². The van der Waals surface area contributed by atoms with Gasteiger partial charge in [-0.1, -0.05) is 30.3 Å². The normalized spacial score (nSPS) is 11.2. The molecule has 2 aromatic carbocycles. The molecule has 0 aliphatic carbocycles. The highest BCUT2D eigenvalue weighted by Crippen LogP contribution is 2.28. The largest absolute Gasteiger partial charge is 0.444 e. The molecule has 0 saturated heterocycles. The fourth-order valence-corrected chi connectivity index (χ4v) is 2.13. The molecule has 0 radical (unpaired) electrons. The average Bonchev–Trinajstić information content (AvgIpc) is 2.44. The molecule has 0 aromatic heterocycles. The lowest BCUT2D eigenvalue weighted by Gasteiger charge is -2.19. The van der Waals surface area contributed by atoms with E-state index >= 15 is 0 Å². The van der Waals surface area contributed by atoms with Crippen molar-refractivity contribution < 1.29 is 9.53 Å². The molecule has 0 saturated carbocycles. The van der Waals surface area contributed by atoms with Gasteiger partial charge in [-0.05, 0) is 32.2 Å². The lowest BCUT2D eigenvalue weighted by molar-refractivity contribution is 0.0530. The van der Waals surface area contributed by atoms with Gasteiger partial charge in [-0.25, -0.2) is 4.79 Å². The Labute approximate surface area is 130 Å². The van der Waals surface area contributed by atoms with Crippen molar-refractivity contribution in [2.24, 2.45) is 0 Å². The van der Waals surface area contributed by atoms with Crippen LogP contribution in [0.25, 0.3) is 10.8 Å². The van der Waals surface area contributed by atoms with Gasteiger partial charge in [0.05, 0.1) is 11.4 Å². The van der Waals surface area contributed by atoms with Gasteiger partial charge in [0.25, 0.3) is 0 Å². The molecule has 4 N–H and O–H groups in total. The maximum absolute atomic E-state index is 11.5. The summed E-state index contributed by atoms with van der Waals surface area (Å²) in [5.74, 6) is 0. The number of nitrogens with two attached hydrogens (primary N) is 1. The zero-order valence-electron chi connectivity index (χ0n) is 13.3. The second-order valence-corrected chi connectivity index (χ2v) is 6.10. The highest BCUT2D eigenvalue weighted by Gasteiger charge is 2.15. The molecule has 0 bridgehead atoms. The van der Waals surface area contributed by atoms with E-state index in [4.69, 9.17) is 10.5 Å². The molecule has 0 aliphatic rings. The Balaban J connectivity index is 1.88. The van der Waals surface area contributed by atoms with Gasteiger partial charge in [-0.3, -0.25) is 0 Å². The molecule has 0 spiro atoms. The Morgan fingerprint density at radius 1 is 1.14 bits per heavy atom. The minimum absolute atomic E-state index is 0.416. The maximum Gasteiger partial charge on any atom is 0.407 e. The minimum Gasteiger partial charge on any atom is -0.444 e. The smallest absolute Gasteiger partial charge is 0.407 e. The minimum atomic E-state index is -0.486. The predicted octanol–water partition coefficient (Wildman–Crippen LogP) is 3.36. The molecule has 5 heteroatoms. The lowest BCUT2D eigenvalue weighted by Crippen LogP contribution is -2.35. The molecule has 1 amide bonds. The summed E-state index contributed by atoms with van der Waals surface area (Å²) < 4.78 is 5.17. The van der Waals surface area contributed by atoms with E-state index in [1.165, 1.54) is 0 Å². The summed E-state index contributed by atoms with van der Waals surface area (Å²) in [4.78, 5) is 11.5. The number of carbonyl (C=O) groups excluding carboxylic acids is 1. The Kier molecular flexibility index (Phi) is 4.75. The van der Waals surface area contributed by atoms with Gasteiger partial charge >= 0.3 is 6.09 Å². The molecule has 22 heavy (non-hydrogen) atoms. The molecule has 2 rings (SSSR count). The highest BCUT2D eigenvalue weighted by atomic mass is 16.6. The summed E-state index contributed by atoms with van der Waals surface area (Å²) >= 11 is 0. The molecular weight excluding hydrogens is 278 g/mol. The monoisotopic (exact) mass is 301 g/mol. The summed E-state index contributed by atoms with van der Waals surface area (Å²) in [7, 11) is 0. The number of anilines is 2.